The lowest BCUT2D eigenvalue weighted by molar-refractivity contribution is 0.544. The molecule has 0 amide bonds. The minimum absolute atomic E-state index is 0.0708. The monoisotopic (exact) mass is 309 g/mol. The maximum absolute atomic E-state index is 4.59. The van der Waals surface area contributed by atoms with Crippen LogP contribution in [0.25, 0.3) is 17.2 Å². The Bertz CT molecular complexity index is 682. The molecule has 0 bridgehead atoms. The lowest BCUT2D eigenvalue weighted by atomic mass is 9.93. The molecule has 1 aromatic carbocycles. The summed E-state index contributed by atoms with van der Waals surface area (Å²) in [6, 6.07) is 12.4. The summed E-state index contributed by atoms with van der Waals surface area (Å²) in [4.78, 5) is 4.59. The normalized spacial score (nSPS) is 16.3. The first-order valence-corrected chi connectivity index (χ1v) is 7.79. The molecule has 0 aliphatic carbocycles. The van der Waals surface area contributed by atoms with Crippen LogP contribution in [-0.2, 0) is 0 Å². The van der Waals surface area contributed by atoms with Gasteiger partial charge < -0.3 is 0 Å². The summed E-state index contributed by atoms with van der Waals surface area (Å²) in [6.45, 7) is 6.54. The van der Waals surface area contributed by atoms with Crippen molar-refractivity contribution in [1.29, 1.82) is 0 Å². The number of nitrogens with one attached hydrogen (secondary N) is 4. The topological polar surface area (TPSA) is 61.0 Å². The van der Waals surface area contributed by atoms with Crippen LogP contribution in [0.2, 0.25) is 0 Å². The summed E-state index contributed by atoms with van der Waals surface area (Å²) in [7, 11) is 0. The molecule has 0 unspecified atom stereocenters. The number of benzene rings is 1. The van der Waals surface area contributed by atoms with Crippen molar-refractivity contribution in [2.24, 2.45) is 5.41 Å². The molecule has 0 atom stereocenters. The highest BCUT2D eigenvalue weighted by molar-refractivity contribution is 5.72. The van der Waals surface area contributed by atoms with Crippen molar-refractivity contribution in [2.45, 2.75) is 26.9 Å². The molecule has 1 saturated heterocycles. The number of nitrogens with zero attached hydrogens (tertiary/aromatic N) is 1. The molecule has 1 aromatic heterocycles. The summed E-state index contributed by atoms with van der Waals surface area (Å²) >= 11 is 0. The van der Waals surface area contributed by atoms with Crippen molar-refractivity contribution in [2.75, 3.05) is 0 Å². The molecular formula is C18H23N5. The molecule has 0 radical (unpaired) electrons. The van der Waals surface area contributed by atoms with Crippen LogP contribution in [0.5, 0.6) is 0 Å². The number of allylic oxidation sites excluding steroid dienone is 1. The predicted octanol–water partition coefficient (Wildman–Crippen LogP) is 2.92. The van der Waals surface area contributed by atoms with Gasteiger partial charge in [-0.25, -0.2) is 10.9 Å². The second-order valence-electron chi connectivity index (χ2n) is 6.69. The highest BCUT2D eigenvalue weighted by Gasteiger charge is 2.22. The van der Waals surface area contributed by atoms with E-state index in [0.29, 0.717) is 0 Å². The van der Waals surface area contributed by atoms with Crippen molar-refractivity contribution < 1.29 is 0 Å². The van der Waals surface area contributed by atoms with Crippen molar-refractivity contribution in [1.82, 2.24) is 26.9 Å². The zero-order valence-electron chi connectivity index (χ0n) is 13.7. The number of aromatic nitrogens is 1. The van der Waals surface area contributed by atoms with E-state index in [1.54, 1.807) is 0 Å². The Morgan fingerprint density at radius 3 is 2.35 bits per heavy atom. The first-order valence-electron chi connectivity index (χ1n) is 7.79. The molecule has 3 rings (SSSR count). The molecule has 0 spiro atoms. The van der Waals surface area contributed by atoms with Crippen molar-refractivity contribution >= 4 is 6.08 Å². The van der Waals surface area contributed by atoms with Gasteiger partial charge in [0.05, 0.1) is 5.69 Å². The molecule has 1 aliphatic rings. The van der Waals surface area contributed by atoms with Crippen LogP contribution in [0.15, 0.2) is 48.7 Å². The highest BCUT2D eigenvalue weighted by atomic mass is 15.8. The van der Waals surface area contributed by atoms with Gasteiger partial charge in [0.1, 0.15) is 6.17 Å². The smallest absolute Gasteiger partial charge is 0.114 e. The average molecular weight is 309 g/mol. The molecule has 5 heteroatoms. The maximum Gasteiger partial charge on any atom is 0.114 e. The van der Waals surface area contributed by atoms with E-state index in [4.69, 9.17) is 0 Å². The molecule has 5 nitrogen and oxygen atoms in total. The van der Waals surface area contributed by atoms with Crippen molar-refractivity contribution in [3.63, 3.8) is 0 Å². The summed E-state index contributed by atoms with van der Waals surface area (Å²) < 4.78 is 0. The predicted molar refractivity (Wildman–Crippen MR) is 93.4 cm³/mol. The van der Waals surface area contributed by atoms with E-state index in [-0.39, 0.29) is 11.6 Å². The van der Waals surface area contributed by atoms with Gasteiger partial charge in [0.2, 0.25) is 0 Å². The van der Waals surface area contributed by atoms with E-state index in [0.717, 1.165) is 16.8 Å². The minimum atomic E-state index is -0.0708. The molecular weight excluding hydrogens is 286 g/mol. The Balaban J connectivity index is 2.11. The van der Waals surface area contributed by atoms with E-state index in [1.807, 2.05) is 12.3 Å². The number of hydrogen-bond acceptors (Lipinski definition) is 5. The summed E-state index contributed by atoms with van der Waals surface area (Å²) in [5, 5.41) is 0. The lowest BCUT2D eigenvalue weighted by Crippen LogP contribution is -2.33. The van der Waals surface area contributed by atoms with Crippen LogP contribution in [0.1, 0.15) is 38.2 Å². The second-order valence-corrected chi connectivity index (χ2v) is 6.69. The number of hydrogen-bond donors (Lipinski definition) is 4. The molecule has 120 valence electrons. The summed E-state index contributed by atoms with van der Waals surface area (Å²) in [6.07, 6.45) is 6.08. The maximum atomic E-state index is 4.59. The van der Waals surface area contributed by atoms with Crippen molar-refractivity contribution in [3.8, 4) is 11.1 Å². The SMILES string of the molecule is CC(C)(C)/C=C/c1nccc(-c2ccccc2)c1C1NNNN1. The fraction of sp³-hybridized carbons (Fsp3) is 0.278. The molecule has 2 heterocycles. The first-order chi connectivity index (χ1) is 11.0. The number of rotatable bonds is 3. The van der Waals surface area contributed by atoms with Gasteiger partial charge in [0.25, 0.3) is 0 Å². The van der Waals surface area contributed by atoms with Crippen LogP contribution in [0.4, 0.5) is 0 Å². The second kappa shape index (κ2) is 6.60. The Hall–Kier alpha value is -2.05. The van der Waals surface area contributed by atoms with E-state index < -0.39 is 0 Å². The Labute approximate surface area is 137 Å². The van der Waals surface area contributed by atoms with Crippen molar-refractivity contribution in [3.05, 3.63) is 59.9 Å². The van der Waals surface area contributed by atoms with E-state index >= 15 is 0 Å². The first kappa shape index (κ1) is 15.8. The highest BCUT2D eigenvalue weighted by Crippen LogP contribution is 2.30. The zero-order valence-corrected chi connectivity index (χ0v) is 13.7. The summed E-state index contributed by atoms with van der Waals surface area (Å²) in [5.41, 5.74) is 16.6. The third kappa shape index (κ3) is 3.83. The number of hydrazine groups is 3. The standard InChI is InChI=1S/C18H23N5/c1-18(2,3)11-9-15-16(17-20-22-23-21-17)14(10-12-19-15)13-7-5-4-6-8-13/h4-12,17,20-23H,1-3H3/b11-9+. The molecule has 0 saturated carbocycles. The largest absolute Gasteiger partial charge is 0.256 e. The third-order valence-electron chi connectivity index (χ3n) is 3.63. The van der Waals surface area contributed by atoms with Crippen LogP contribution in [-0.4, -0.2) is 4.98 Å². The van der Waals surface area contributed by atoms with E-state index in [9.17, 15) is 0 Å². The fourth-order valence-electron chi connectivity index (χ4n) is 2.52. The van der Waals surface area contributed by atoms with Gasteiger partial charge in [-0.3, -0.25) is 4.98 Å². The van der Waals surface area contributed by atoms with Gasteiger partial charge in [0.15, 0.2) is 0 Å². The van der Waals surface area contributed by atoms with Gasteiger partial charge in [-0.2, -0.15) is 11.1 Å². The average Bonchev–Trinajstić information content (AvgIpc) is 3.07. The molecule has 1 aliphatic heterocycles. The molecule has 4 N–H and O–H groups in total. The van der Waals surface area contributed by atoms with Crippen LogP contribution < -0.4 is 21.9 Å². The quantitative estimate of drug-likeness (QED) is 0.702. The van der Waals surface area contributed by atoms with Crippen LogP contribution in [0.3, 0.4) is 0 Å². The summed E-state index contributed by atoms with van der Waals surface area (Å²) in [5.74, 6) is 0. The van der Waals surface area contributed by atoms with Gasteiger partial charge in [0, 0.05) is 11.8 Å². The van der Waals surface area contributed by atoms with Crippen LogP contribution >= 0.6 is 0 Å². The van der Waals surface area contributed by atoms with Gasteiger partial charge in [-0.1, -0.05) is 57.2 Å². The van der Waals surface area contributed by atoms with Crippen LogP contribution in [0, 0.1) is 5.41 Å². The third-order valence-corrected chi connectivity index (χ3v) is 3.63. The van der Waals surface area contributed by atoms with Gasteiger partial charge in [-0.15, -0.1) is 0 Å². The number of pyridine rings is 1. The van der Waals surface area contributed by atoms with Gasteiger partial charge in [-0.05, 0) is 28.7 Å². The Kier molecular flexibility index (Phi) is 4.54. The van der Waals surface area contributed by atoms with E-state index in [2.05, 4.69) is 90.2 Å². The minimum Gasteiger partial charge on any atom is -0.256 e. The molecule has 23 heavy (non-hydrogen) atoms. The molecule has 2 aromatic rings. The molecule has 1 fully saturated rings. The van der Waals surface area contributed by atoms with Gasteiger partial charge >= 0.3 is 0 Å². The Morgan fingerprint density at radius 1 is 1.00 bits per heavy atom. The lowest BCUT2D eigenvalue weighted by Gasteiger charge is -2.18. The fourth-order valence-corrected chi connectivity index (χ4v) is 2.52. The van der Waals surface area contributed by atoms with E-state index in [1.165, 1.54) is 5.56 Å². The Morgan fingerprint density at radius 2 is 1.70 bits per heavy atom. The zero-order chi connectivity index (χ0) is 16.3.